The van der Waals surface area contributed by atoms with E-state index >= 15 is 0 Å². The molecule has 5 aromatic carbocycles. The first kappa shape index (κ1) is 27.3. The Morgan fingerprint density at radius 3 is 1.40 bits per heavy atom. The predicted molar refractivity (Wildman–Crippen MR) is 147 cm³/mol. The van der Waals surface area contributed by atoms with Crippen molar-refractivity contribution in [1.29, 1.82) is 0 Å². The van der Waals surface area contributed by atoms with E-state index in [9.17, 15) is 34.8 Å². The summed E-state index contributed by atoms with van der Waals surface area (Å²) in [6.45, 7) is 0. The number of aromatic hydroxyl groups is 3. The van der Waals surface area contributed by atoms with Gasteiger partial charge in [-0.2, -0.15) is 0 Å². The number of hydrogen-bond donors (Lipinski definition) is 7. The molecule has 0 atom stereocenters. The van der Waals surface area contributed by atoms with E-state index in [1.54, 1.807) is 48.5 Å². The molecule has 0 aliphatic rings. The number of carbonyl (C=O) groups is 3. The molecule has 0 aliphatic heterocycles. The number of benzene rings is 5. The van der Waals surface area contributed by atoms with Gasteiger partial charge < -0.3 is 36.4 Å². The van der Waals surface area contributed by atoms with Gasteiger partial charge >= 0.3 is 17.9 Å². The molecular weight excluding hydrogens is 518 g/mol. The van der Waals surface area contributed by atoms with Gasteiger partial charge in [0.25, 0.3) is 0 Å². The number of nitrogens with two attached hydrogens (primary N) is 1. The lowest BCUT2D eigenvalue weighted by Gasteiger charge is -2.16. The van der Waals surface area contributed by atoms with Crippen molar-refractivity contribution < 1.29 is 45.0 Å². The van der Waals surface area contributed by atoms with E-state index in [0.29, 0.717) is 38.4 Å². The SMILES string of the molecule is Nc1ccc(C(=O)O)c(O)c1.O=C(O)c1cc2ccccc2c(Cc2c(O)c(C(=O)O)cc3ccccc23)c1O. The summed E-state index contributed by atoms with van der Waals surface area (Å²) in [7, 11) is 0. The zero-order chi connectivity index (χ0) is 29.1. The Morgan fingerprint density at radius 2 is 1.00 bits per heavy atom. The second kappa shape index (κ2) is 10.9. The Balaban J connectivity index is 0.000000283. The Bertz CT molecular complexity index is 1710. The second-order valence-electron chi connectivity index (χ2n) is 8.81. The van der Waals surface area contributed by atoms with Gasteiger partial charge in [-0.3, -0.25) is 0 Å². The molecule has 0 unspecified atom stereocenters. The van der Waals surface area contributed by atoms with Gasteiger partial charge in [0.2, 0.25) is 0 Å². The lowest BCUT2D eigenvalue weighted by atomic mass is 9.90. The fourth-order valence-electron chi connectivity index (χ4n) is 4.41. The van der Waals surface area contributed by atoms with Crippen molar-refractivity contribution in [2.45, 2.75) is 6.42 Å². The molecule has 0 spiro atoms. The summed E-state index contributed by atoms with van der Waals surface area (Å²) < 4.78 is 0. The number of fused-ring (bicyclic) bond motifs is 2. The van der Waals surface area contributed by atoms with Crippen LogP contribution in [0.1, 0.15) is 42.2 Å². The third kappa shape index (κ3) is 5.27. The average Bonchev–Trinajstić information content (AvgIpc) is 2.90. The monoisotopic (exact) mass is 541 g/mol. The van der Waals surface area contributed by atoms with E-state index in [4.69, 9.17) is 15.9 Å². The number of phenols is 3. The van der Waals surface area contributed by atoms with Crippen LogP contribution in [0, 0.1) is 0 Å². The zero-order valence-electron chi connectivity index (χ0n) is 20.7. The van der Waals surface area contributed by atoms with Gasteiger partial charge in [0.15, 0.2) is 0 Å². The smallest absolute Gasteiger partial charge is 0.339 e. The van der Waals surface area contributed by atoms with Gasteiger partial charge in [-0.05, 0) is 45.8 Å². The van der Waals surface area contributed by atoms with Crippen LogP contribution in [0.15, 0.2) is 78.9 Å². The summed E-state index contributed by atoms with van der Waals surface area (Å²) in [6.07, 6.45) is -0.0407. The van der Waals surface area contributed by atoms with Gasteiger partial charge in [-0.25, -0.2) is 14.4 Å². The maximum Gasteiger partial charge on any atom is 0.339 e. The number of aromatic carboxylic acids is 3. The first-order valence-corrected chi connectivity index (χ1v) is 11.7. The molecule has 0 saturated carbocycles. The Labute approximate surface area is 226 Å². The molecule has 0 radical (unpaired) electrons. The molecule has 0 saturated heterocycles. The molecule has 5 aromatic rings. The summed E-state index contributed by atoms with van der Waals surface area (Å²) in [6, 6.07) is 20.7. The number of nitrogen functional groups attached to an aromatic ring is 1. The molecule has 5 rings (SSSR count). The van der Waals surface area contributed by atoms with Crippen LogP contribution in [0.5, 0.6) is 17.2 Å². The quantitative estimate of drug-likeness (QED) is 0.147. The van der Waals surface area contributed by atoms with E-state index < -0.39 is 29.4 Å². The fraction of sp³-hybridized carbons (Fsp3) is 0.0333. The molecule has 0 aromatic heterocycles. The van der Waals surface area contributed by atoms with Crippen molar-refractivity contribution in [2.24, 2.45) is 0 Å². The molecule has 0 fully saturated rings. The number of anilines is 1. The van der Waals surface area contributed by atoms with Crippen LogP contribution in [0.2, 0.25) is 0 Å². The highest BCUT2D eigenvalue weighted by Gasteiger charge is 2.22. The number of hydrogen-bond acceptors (Lipinski definition) is 7. The van der Waals surface area contributed by atoms with Crippen molar-refractivity contribution in [2.75, 3.05) is 5.73 Å². The van der Waals surface area contributed by atoms with Crippen molar-refractivity contribution in [3.8, 4) is 17.2 Å². The number of carboxylic acid groups (broad SMARTS) is 3. The van der Waals surface area contributed by atoms with Crippen LogP contribution < -0.4 is 5.73 Å². The number of carboxylic acids is 3. The van der Waals surface area contributed by atoms with Crippen LogP contribution in [0.4, 0.5) is 5.69 Å². The summed E-state index contributed by atoms with van der Waals surface area (Å²) in [5.74, 6) is -4.83. The second-order valence-corrected chi connectivity index (χ2v) is 8.81. The summed E-state index contributed by atoms with van der Waals surface area (Å²) >= 11 is 0. The van der Waals surface area contributed by atoms with Crippen LogP contribution in [0.25, 0.3) is 21.5 Å². The van der Waals surface area contributed by atoms with Crippen LogP contribution in [-0.2, 0) is 6.42 Å². The third-order valence-corrected chi connectivity index (χ3v) is 6.32. The molecule has 40 heavy (non-hydrogen) atoms. The highest BCUT2D eigenvalue weighted by molar-refractivity contribution is 6.02. The minimum Gasteiger partial charge on any atom is -0.507 e. The van der Waals surface area contributed by atoms with Gasteiger partial charge in [-0.15, -0.1) is 0 Å². The topological polar surface area (TPSA) is 199 Å². The van der Waals surface area contributed by atoms with Gasteiger partial charge in [0.05, 0.1) is 0 Å². The lowest BCUT2D eigenvalue weighted by molar-refractivity contribution is 0.0682. The van der Waals surface area contributed by atoms with E-state index in [-0.39, 0.29) is 28.9 Å². The molecule has 0 aliphatic carbocycles. The molecule has 0 bridgehead atoms. The van der Waals surface area contributed by atoms with E-state index in [2.05, 4.69) is 0 Å². The molecular formula is C30H23NO9. The van der Waals surface area contributed by atoms with Gasteiger partial charge in [0.1, 0.15) is 33.9 Å². The zero-order valence-corrected chi connectivity index (χ0v) is 20.7. The van der Waals surface area contributed by atoms with Crippen molar-refractivity contribution in [3.05, 3.63) is 107 Å². The van der Waals surface area contributed by atoms with E-state index in [1.807, 2.05) is 0 Å². The van der Waals surface area contributed by atoms with Gasteiger partial charge in [-0.1, -0.05) is 48.5 Å². The molecule has 0 amide bonds. The van der Waals surface area contributed by atoms with Crippen molar-refractivity contribution in [1.82, 2.24) is 0 Å². The predicted octanol–water partition coefficient (Wildman–Crippen LogP) is 5.06. The first-order valence-electron chi connectivity index (χ1n) is 11.7. The number of rotatable bonds is 5. The summed E-state index contributed by atoms with van der Waals surface area (Å²) in [5.41, 5.74) is 5.59. The Morgan fingerprint density at radius 1 is 0.575 bits per heavy atom. The highest BCUT2D eigenvalue weighted by atomic mass is 16.4. The van der Waals surface area contributed by atoms with Crippen molar-refractivity contribution >= 4 is 45.1 Å². The largest absolute Gasteiger partial charge is 0.507 e. The van der Waals surface area contributed by atoms with Crippen LogP contribution >= 0.6 is 0 Å². The van der Waals surface area contributed by atoms with Crippen molar-refractivity contribution in [3.63, 3.8) is 0 Å². The van der Waals surface area contributed by atoms with Gasteiger partial charge in [0, 0.05) is 29.3 Å². The maximum atomic E-state index is 11.6. The molecule has 8 N–H and O–H groups in total. The Hall–Kier alpha value is -5.77. The van der Waals surface area contributed by atoms with Crippen LogP contribution in [0.3, 0.4) is 0 Å². The Kier molecular flexibility index (Phi) is 7.44. The summed E-state index contributed by atoms with van der Waals surface area (Å²) in [5, 5.41) is 60.3. The minimum absolute atomic E-state index is 0.0407. The molecule has 0 heterocycles. The normalized spacial score (nSPS) is 10.6. The molecule has 202 valence electrons. The first-order chi connectivity index (χ1) is 19.0. The van der Waals surface area contributed by atoms with E-state index in [1.165, 1.54) is 30.3 Å². The average molecular weight is 542 g/mol. The fourth-order valence-corrected chi connectivity index (χ4v) is 4.41. The standard InChI is InChI=1S/C23H16O6.C7H7NO3/c24-20-16(14-7-3-1-5-12(14)9-18(20)22(26)27)11-17-15-8-4-2-6-13(15)10-19(21(17)25)23(28)29;8-4-1-2-5(7(10)11)6(9)3-4/h1-10,24-25H,11H2,(H,26,27)(H,28,29);1-3,9H,8H2,(H,10,11). The molecule has 10 nitrogen and oxygen atoms in total. The highest BCUT2D eigenvalue weighted by Crippen LogP contribution is 2.38. The van der Waals surface area contributed by atoms with E-state index in [0.717, 1.165) is 0 Å². The summed E-state index contributed by atoms with van der Waals surface area (Å²) in [4.78, 5) is 33.5. The maximum absolute atomic E-state index is 11.6. The lowest BCUT2D eigenvalue weighted by Crippen LogP contribution is -2.04. The third-order valence-electron chi connectivity index (χ3n) is 6.32. The molecule has 10 heteroatoms. The van der Waals surface area contributed by atoms with Crippen LogP contribution in [-0.4, -0.2) is 48.5 Å². The minimum atomic E-state index is -1.28.